The maximum atomic E-state index is 15.0. The topological polar surface area (TPSA) is 71.9 Å². The number of benzene rings is 1. The molecule has 1 aromatic carbocycles. The summed E-state index contributed by atoms with van der Waals surface area (Å²) in [5.41, 5.74) is 3.51. The van der Waals surface area contributed by atoms with E-state index < -0.39 is 5.82 Å². The van der Waals surface area contributed by atoms with Crippen molar-refractivity contribution in [1.29, 1.82) is 0 Å². The Morgan fingerprint density at radius 3 is 2.80 bits per heavy atom. The lowest BCUT2D eigenvalue weighted by atomic mass is 10.1. The average Bonchev–Trinajstić information content (AvgIpc) is 3.24. The van der Waals surface area contributed by atoms with Crippen molar-refractivity contribution in [2.45, 2.75) is 20.0 Å². The van der Waals surface area contributed by atoms with Gasteiger partial charge in [0.15, 0.2) is 17.3 Å². The smallest absolute Gasteiger partial charge is 0.255 e. The molecule has 0 aliphatic carbocycles. The van der Waals surface area contributed by atoms with Crippen LogP contribution in [-0.4, -0.2) is 51.7 Å². The number of aryl methyl sites for hydroxylation is 2. The van der Waals surface area contributed by atoms with Crippen LogP contribution in [0.3, 0.4) is 0 Å². The molecule has 4 aromatic rings. The number of aromatic nitrogens is 3. The summed E-state index contributed by atoms with van der Waals surface area (Å²) >= 11 is 0. The van der Waals surface area contributed by atoms with Crippen LogP contribution in [0.1, 0.15) is 21.6 Å². The lowest BCUT2D eigenvalue weighted by Gasteiger charge is -2.38. The fourth-order valence-electron chi connectivity index (χ4n) is 3.93. The van der Waals surface area contributed by atoms with Gasteiger partial charge in [-0.2, -0.15) is 5.10 Å². The first-order valence-corrected chi connectivity index (χ1v) is 9.71. The van der Waals surface area contributed by atoms with Gasteiger partial charge in [-0.3, -0.25) is 4.79 Å². The number of aromatic amines is 1. The second-order valence-corrected chi connectivity index (χ2v) is 7.62. The first-order valence-electron chi connectivity index (χ1n) is 9.71. The van der Waals surface area contributed by atoms with Crippen molar-refractivity contribution in [2.24, 2.45) is 0 Å². The number of methoxy groups -OCH3 is 1. The number of amides is 1. The maximum Gasteiger partial charge on any atom is 0.255 e. The second-order valence-electron chi connectivity index (χ2n) is 7.62. The molecule has 0 unspecified atom stereocenters. The number of nitrogens with zero attached hydrogens (tertiary/aromatic N) is 3. The second kappa shape index (κ2) is 6.84. The summed E-state index contributed by atoms with van der Waals surface area (Å²) in [6.45, 7) is 4.86. The third-order valence-corrected chi connectivity index (χ3v) is 5.65. The Kier molecular flexibility index (Phi) is 4.25. The van der Waals surface area contributed by atoms with Crippen LogP contribution < -0.4 is 4.74 Å². The molecule has 1 amide bonds. The number of hydrogen-bond acceptors (Lipinski definition) is 4. The minimum absolute atomic E-state index is 0.0763. The van der Waals surface area contributed by atoms with Gasteiger partial charge in [0.05, 0.1) is 17.9 Å². The van der Waals surface area contributed by atoms with Crippen molar-refractivity contribution < 1.29 is 18.7 Å². The lowest BCUT2D eigenvalue weighted by molar-refractivity contribution is -0.0192. The van der Waals surface area contributed by atoms with E-state index in [0.717, 1.165) is 11.3 Å². The molecule has 30 heavy (non-hydrogen) atoms. The molecule has 7 nitrogen and oxygen atoms in total. The third kappa shape index (κ3) is 2.83. The Morgan fingerprint density at radius 2 is 2.03 bits per heavy atom. The van der Waals surface area contributed by atoms with Gasteiger partial charge in [0, 0.05) is 49.1 Å². The summed E-state index contributed by atoms with van der Waals surface area (Å²) in [7, 11) is 1.64. The number of carbonyl (C=O) groups is 1. The van der Waals surface area contributed by atoms with E-state index >= 15 is 0 Å². The highest BCUT2D eigenvalue weighted by molar-refractivity contribution is 5.99. The molecule has 1 saturated heterocycles. The number of carbonyl (C=O) groups excluding carboxylic acids is 1. The van der Waals surface area contributed by atoms with Crippen LogP contribution in [0.25, 0.3) is 16.4 Å². The van der Waals surface area contributed by atoms with E-state index in [1.54, 1.807) is 53.2 Å². The molecule has 154 valence electrons. The molecule has 0 atom stereocenters. The molecule has 0 saturated carbocycles. The maximum absolute atomic E-state index is 15.0. The molecule has 0 spiro atoms. The number of ether oxygens (including phenoxy) is 2. The number of hydrogen-bond donors (Lipinski definition) is 1. The zero-order chi connectivity index (χ0) is 21.0. The highest BCUT2D eigenvalue weighted by Gasteiger charge is 2.33. The van der Waals surface area contributed by atoms with E-state index in [2.05, 4.69) is 10.1 Å². The average molecular weight is 408 g/mol. The normalized spacial score (nSPS) is 14.5. The minimum Gasteiger partial charge on any atom is -0.452 e. The largest absolute Gasteiger partial charge is 0.452 e. The monoisotopic (exact) mass is 408 g/mol. The SMILES string of the molecule is COC1CN(C(=O)c2cn3nccc(Oc4ccc5[nH]c(C)cc5c4F)c3c2C)C1. The van der Waals surface area contributed by atoms with E-state index in [0.29, 0.717) is 40.8 Å². The summed E-state index contributed by atoms with van der Waals surface area (Å²) in [5.74, 6) is 0.0466. The molecule has 1 aliphatic heterocycles. The van der Waals surface area contributed by atoms with Crippen molar-refractivity contribution in [3.8, 4) is 11.5 Å². The van der Waals surface area contributed by atoms with E-state index in [1.807, 2.05) is 13.8 Å². The van der Waals surface area contributed by atoms with E-state index in [-0.39, 0.29) is 17.8 Å². The lowest BCUT2D eigenvalue weighted by Crippen LogP contribution is -2.54. The molecule has 3 aromatic heterocycles. The van der Waals surface area contributed by atoms with Crippen molar-refractivity contribution in [3.05, 3.63) is 59.3 Å². The van der Waals surface area contributed by atoms with Gasteiger partial charge >= 0.3 is 0 Å². The van der Waals surface area contributed by atoms with Gasteiger partial charge < -0.3 is 19.4 Å². The van der Waals surface area contributed by atoms with Crippen LogP contribution in [0.4, 0.5) is 4.39 Å². The molecule has 0 radical (unpaired) electrons. The molecule has 1 N–H and O–H groups in total. The molecule has 1 fully saturated rings. The predicted octanol–water partition coefficient (Wildman–Crippen LogP) is 3.83. The zero-order valence-corrected chi connectivity index (χ0v) is 16.9. The number of halogens is 1. The van der Waals surface area contributed by atoms with Gasteiger partial charge in [0.1, 0.15) is 5.52 Å². The molecule has 4 heterocycles. The van der Waals surface area contributed by atoms with E-state index in [1.165, 1.54) is 0 Å². The van der Waals surface area contributed by atoms with Crippen molar-refractivity contribution in [3.63, 3.8) is 0 Å². The summed E-state index contributed by atoms with van der Waals surface area (Å²) < 4.78 is 27.8. The Hall–Kier alpha value is -3.39. The van der Waals surface area contributed by atoms with E-state index in [9.17, 15) is 9.18 Å². The number of rotatable bonds is 4. The first kappa shape index (κ1) is 18.6. The van der Waals surface area contributed by atoms with Gasteiger partial charge in [-0.05, 0) is 37.6 Å². The standard InChI is InChI=1S/C22H21FN4O3/c1-12-8-15-17(25-12)4-5-18(20(15)23)30-19-6-7-24-27-11-16(13(2)21(19)27)22(28)26-9-14(10-26)29-3/h4-8,11,14,25H,9-10H2,1-3H3. The summed E-state index contributed by atoms with van der Waals surface area (Å²) in [6.07, 6.45) is 3.34. The van der Waals surface area contributed by atoms with E-state index in [4.69, 9.17) is 9.47 Å². The number of likely N-dealkylation sites (tertiary alicyclic amines) is 1. The van der Waals surface area contributed by atoms with Crippen LogP contribution >= 0.6 is 0 Å². The van der Waals surface area contributed by atoms with Gasteiger partial charge in [-0.25, -0.2) is 8.91 Å². The fraction of sp³-hybridized carbons (Fsp3) is 0.273. The van der Waals surface area contributed by atoms with Gasteiger partial charge in [-0.1, -0.05) is 0 Å². The van der Waals surface area contributed by atoms with Gasteiger partial charge in [-0.15, -0.1) is 0 Å². The van der Waals surface area contributed by atoms with Crippen molar-refractivity contribution in [2.75, 3.05) is 20.2 Å². The fourth-order valence-corrected chi connectivity index (χ4v) is 3.93. The quantitative estimate of drug-likeness (QED) is 0.557. The van der Waals surface area contributed by atoms with Gasteiger partial charge in [0.25, 0.3) is 5.91 Å². The van der Waals surface area contributed by atoms with Crippen molar-refractivity contribution in [1.82, 2.24) is 19.5 Å². The van der Waals surface area contributed by atoms with Crippen LogP contribution in [0.15, 0.2) is 36.7 Å². The molecule has 1 aliphatic rings. The highest BCUT2D eigenvalue weighted by Crippen LogP contribution is 2.34. The van der Waals surface area contributed by atoms with Crippen LogP contribution in [0, 0.1) is 19.7 Å². The van der Waals surface area contributed by atoms with Crippen LogP contribution in [-0.2, 0) is 4.74 Å². The Morgan fingerprint density at radius 1 is 1.23 bits per heavy atom. The molecule has 0 bridgehead atoms. The predicted molar refractivity (Wildman–Crippen MR) is 110 cm³/mol. The highest BCUT2D eigenvalue weighted by atomic mass is 19.1. The third-order valence-electron chi connectivity index (χ3n) is 5.65. The van der Waals surface area contributed by atoms with Crippen LogP contribution in [0.2, 0.25) is 0 Å². The summed E-state index contributed by atoms with van der Waals surface area (Å²) in [5, 5.41) is 4.78. The van der Waals surface area contributed by atoms with Crippen LogP contribution in [0.5, 0.6) is 11.5 Å². The first-order chi connectivity index (χ1) is 14.5. The molecule has 8 heteroatoms. The Bertz CT molecular complexity index is 1290. The molecular weight excluding hydrogens is 387 g/mol. The number of nitrogens with one attached hydrogen (secondary N) is 1. The van der Waals surface area contributed by atoms with Crippen molar-refractivity contribution >= 4 is 22.3 Å². The molecular formula is C22H21FN4O3. The minimum atomic E-state index is -0.432. The summed E-state index contributed by atoms with van der Waals surface area (Å²) in [6, 6.07) is 6.81. The Balaban J connectivity index is 1.52. The number of H-pyrrole nitrogens is 1. The summed E-state index contributed by atoms with van der Waals surface area (Å²) in [4.78, 5) is 17.7. The number of fused-ring (bicyclic) bond motifs is 2. The zero-order valence-electron chi connectivity index (χ0n) is 16.9. The van der Waals surface area contributed by atoms with Gasteiger partial charge in [0.2, 0.25) is 0 Å². The Labute approximate surface area is 172 Å². The molecule has 5 rings (SSSR count).